The number of hydrogen-bond acceptors (Lipinski definition) is 4. The number of aromatic nitrogens is 1. The molecule has 0 amide bonds. The van der Waals surface area contributed by atoms with E-state index in [-0.39, 0.29) is 22.6 Å². The lowest BCUT2D eigenvalue weighted by atomic mass is 10.1. The first kappa shape index (κ1) is 18.3. The summed E-state index contributed by atoms with van der Waals surface area (Å²) in [7, 11) is 0. The molecule has 5 nitrogen and oxygen atoms in total. The average Bonchev–Trinajstić information content (AvgIpc) is 3.36. The number of aromatic carboxylic acids is 1. The largest absolute Gasteiger partial charge is 0.477 e. The third kappa shape index (κ3) is 3.09. The van der Waals surface area contributed by atoms with E-state index < -0.39 is 28.6 Å². The molecule has 1 unspecified atom stereocenters. The van der Waals surface area contributed by atoms with Crippen molar-refractivity contribution in [1.82, 2.24) is 4.57 Å². The molecular formula is C19H20F2N2O3S. The molecule has 2 aliphatic rings. The standard InChI is InChI=1S/C19H20F2N2O3S/c1-27-9-10-4-5-22(7-10)17-14(20)6-12-16(15(17)21)23(11-2-3-11)8-13(18(12)24)19(25)26/h6,8,10-11H,2-5,7,9H2,1H3,(H,25,26). The van der Waals surface area contributed by atoms with Crippen molar-refractivity contribution in [2.24, 2.45) is 5.92 Å². The van der Waals surface area contributed by atoms with Crippen molar-refractivity contribution >= 4 is 34.3 Å². The van der Waals surface area contributed by atoms with Crippen LogP contribution in [-0.2, 0) is 0 Å². The van der Waals surface area contributed by atoms with Crippen LogP contribution >= 0.6 is 11.8 Å². The number of hydrogen-bond donors (Lipinski definition) is 1. The minimum absolute atomic E-state index is 0.0113. The second kappa shape index (κ2) is 6.82. The second-order valence-corrected chi connectivity index (χ2v) is 8.20. The van der Waals surface area contributed by atoms with E-state index in [2.05, 4.69) is 0 Å². The van der Waals surface area contributed by atoms with Gasteiger partial charge in [-0.25, -0.2) is 13.6 Å². The van der Waals surface area contributed by atoms with E-state index in [0.717, 1.165) is 31.1 Å². The van der Waals surface area contributed by atoms with Crippen LogP contribution in [-0.4, -0.2) is 40.7 Å². The van der Waals surface area contributed by atoms with E-state index in [1.165, 1.54) is 10.8 Å². The van der Waals surface area contributed by atoms with E-state index >= 15 is 4.39 Å². The van der Waals surface area contributed by atoms with Crippen LogP contribution in [0.1, 0.15) is 35.7 Å². The lowest BCUT2D eigenvalue weighted by molar-refractivity contribution is 0.0695. The lowest BCUT2D eigenvalue weighted by Crippen LogP contribution is -2.25. The predicted octanol–water partition coefficient (Wildman–Crippen LogP) is 3.50. The quantitative estimate of drug-likeness (QED) is 0.841. The van der Waals surface area contributed by atoms with Gasteiger partial charge in [0.15, 0.2) is 5.82 Å². The molecule has 1 atom stereocenters. The Balaban J connectivity index is 1.91. The Morgan fingerprint density at radius 2 is 2.07 bits per heavy atom. The molecule has 1 saturated carbocycles. The van der Waals surface area contributed by atoms with Gasteiger partial charge in [-0.05, 0) is 43.3 Å². The molecule has 0 spiro atoms. The topological polar surface area (TPSA) is 62.5 Å². The fourth-order valence-corrected chi connectivity index (χ4v) is 4.67. The molecule has 4 rings (SSSR count). The minimum atomic E-state index is -1.39. The monoisotopic (exact) mass is 394 g/mol. The molecule has 144 valence electrons. The first-order chi connectivity index (χ1) is 12.9. The van der Waals surface area contributed by atoms with Crippen LogP contribution in [0.25, 0.3) is 10.9 Å². The summed E-state index contributed by atoms with van der Waals surface area (Å²) in [4.78, 5) is 25.6. The Bertz CT molecular complexity index is 987. The van der Waals surface area contributed by atoms with Gasteiger partial charge in [-0.2, -0.15) is 11.8 Å². The highest BCUT2D eigenvalue weighted by atomic mass is 32.2. The van der Waals surface area contributed by atoms with Gasteiger partial charge in [0.2, 0.25) is 5.43 Å². The molecule has 1 aromatic heterocycles. The van der Waals surface area contributed by atoms with Crippen LogP contribution in [0.2, 0.25) is 0 Å². The Morgan fingerprint density at radius 3 is 2.70 bits per heavy atom. The van der Waals surface area contributed by atoms with Crippen molar-refractivity contribution in [1.29, 1.82) is 0 Å². The molecule has 0 radical (unpaired) electrons. The van der Waals surface area contributed by atoms with Gasteiger partial charge in [0.05, 0.1) is 10.9 Å². The van der Waals surface area contributed by atoms with Gasteiger partial charge in [-0.3, -0.25) is 4.79 Å². The summed E-state index contributed by atoms with van der Waals surface area (Å²) in [6, 6.07) is 0.949. The van der Waals surface area contributed by atoms with Crippen LogP contribution in [0.15, 0.2) is 17.1 Å². The molecule has 1 N–H and O–H groups in total. The molecule has 8 heteroatoms. The third-order valence-corrected chi connectivity index (χ3v) is 6.16. The summed E-state index contributed by atoms with van der Waals surface area (Å²) in [5, 5.41) is 9.08. The van der Waals surface area contributed by atoms with E-state index in [4.69, 9.17) is 0 Å². The molecule has 1 aliphatic carbocycles. The summed E-state index contributed by atoms with van der Waals surface area (Å²) in [6.07, 6.45) is 5.64. The summed E-state index contributed by atoms with van der Waals surface area (Å²) in [5.41, 5.74) is -1.40. The molecule has 1 aromatic carbocycles. The zero-order chi connectivity index (χ0) is 19.3. The zero-order valence-corrected chi connectivity index (χ0v) is 15.7. The average molecular weight is 394 g/mol. The Morgan fingerprint density at radius 1 is 1.33 bits per heavy atom. The van der Waals surface area contributed by atoms with E-state index in [1.807, 2.05) is 6.26 Å². The summed E-state index contributed by atoms with van der Waals surface area (Å²) in [6.45, 7) is 1.13. The van der Waals surface area contributed by atoms with Crippen molar-refractivity contribution in [3.63, 3.8) is 0 Å². The van der Waals surface area contributed by atoms with Gasteiger partial charge in [-0.15, -0.1) is 0 Å². The Labute approximate surface area is 159 Å². The number of benzene rings is 1. The number of carboxylic acid groups (broad SMARTS) is 1. The Hall–Kier alpha value is -2.09. The summed E-state index contributed by atoms with van der Waals surface area (Å²) >= 11 is 1.71. The van der Waals surface area contributed by atoms with Gasteiger partial charge in [0.1, 0.15) is 17.1 Å². The summed E-state index contributed by atoms with van der Waals surface area (Å²) < 4.78 is 31.8. The number of anilines is 1. The number of thioether (sulfide) groups is 1. The molecule has 27 heavy (non-hydrogen) atoms. The van der Waals surface area contributed by atoms with E-state index in [9.17, 15) is 19.1 Å². The third-order valence-electron chi connectivity index (χ3n) is 5.36. The molecule has 0 bridgehead atoms. The normalized spacial score (nSPS) is 19.8. The first-order valence-electron chi connectivity index (χ1n) is 8.96. The fourth-order valence-electron chi connectivity index (χ4n) is 3.92. The van der Waals surface area contributed by atoms with Gasteiger partial charge in [-0.1, -0.05) is 0 Å². The van der Waals surface area contributed by atoms with Crippen LogP contribution in [0.3, 0.4) is 0 Å². The van der Waals surface area contributed by atoms with Gasteiger partial charge >= 0.3 is 5.97 Å². The van der Waals surface area contributed by atoms with Crippen molar-refractivity contribution in [3.8, 4) is 0 Å². The maximum absolute atomic E-state index is 15.5. The smallest absolute Gasteiger partial charge is 0.341 e. The molecule has 2 aromatic rings. The number of nitrogens with zero attached hydrogens (tertiary/aromatic N) is 2. The molecule has 1 saturated heterocycles. The number of rotatable bonds is 5. The Kier molecular flexibility index (Phi) is 4.61. The molecule has 2 heterocycles. The van der Waals surface area contributed by atoms with Crippen molar-refractivity contribution in [3.05, 3.63) is 39.7 Å². The molecule has 2 fully saturated rings. The van der Waals surface area contributed by atoms with Crippen molar-refractivity contribution < 1.29 is 18.7 Å². The predicted molar refractivity (Wildman–Crippen MR) is 102 cm³/mol. The zero-order valence-electron chi connectivity index (χ0n) is 14.9. The maximum Gasteiger partial charge on any atom is 0.341 e. The highest BCUT2D eigenvalue weighted by Gasteiger charge is 2.32. The highest BCUT2D eigenvalue weighted by Crippen LogP contribution is 2.40. The maximum atomic E-state index is 15.5. The van der Waals surface area contributed by atoms with E-state index in [1.54, 1.807) is 16.7 Å². The van der Waals surface area contributed by atoms with Crippen molar-refractivity contribution in [2.45, 2.75) is 25.3 Å². The van der Waals surface area contributed by atoms with Gasteiger partial charge < -0.3 is 14.6 Å². The fraction of sp³-hybridized carbons (Fsp3) is 0.474. The van der Waals surface area contributed by atoms with Crippen LogP contribution < -0.4 is 10.3 Å². The minimum Gasteiger partial charge on any atom is -0.477 e. The lowest BCUT2D eigenvalue weighted by Gasteiger charge is -2.22. The first-order valence-corrected chi connectivity index (χ1v) is 10.4. The number of pyridine rings is 1. The second-order valence-electron chi connectivity index (χ2n) is 7.29. The van der Waals surface area contributed by atoms with Crippen LogP contribution in [0.5, 0.6) is 0 Å². The highest BCUT2D eigenvalue weighted by molar-refractivity contribution is 7.98. The van der Waals surface area contributed by atoms with Gasteiger partial charge in [0.25, 0.3) is 0 Å². The van der Waals surface area contributed by atoms with Crippen LogP contribution in [0, 0.1) is 17.6 Å². The SMILES string of the molecule is CSCC1CCN(c2c(F)cc3c(=O)c(C(=O)O)cn(C4CC4)c3c2F)C1. The molecule has 1 aliphatic heterocycles. The number of carboxylic acids is 1. The number of fused-ring (bicyclic) bond motifs is 1. The number of halogens is 2. The van der Waals surface area contributed by atoms with E-state index in [0.29, 0.717) is 19.0 Å². The van der Waals surface area contributed by atoms with Crippen LogP contribution in [0.4, 0.5) is 14.5 Å². The van der Waals surface area contributed by atoms with Gasteiger partial charge in [0, 0.05) is 25.3 Å². The summed E-state index contributed by atoms with van der Waals surface area (Å²) in [5.74, 6) is -1.67. The molecular weight excluding hydrogens is 374 g/mol. The number of carbonyl (C=O) groups is 1. The van der Waals surface area contributed by atoms with Crippen molar-refractivity contribution in [2.75, 3.05) is 30.0 Å².